The molecular formula is C49H46N12O9S6. The van der Waals surface area contributed by atoms with Crippen molar-refractivity contribution in [2.24, 2.45) is 5.92 Å². The van der Waals surface area contributed by atoms with Crippen molar-refractivity contribution in [1.82, 2.24) is 61.5 Å². The van der Waals surface area contributed by atoms with E-state index in [9.17, 15) is 33.9 Å². The Balaban J connectivity index is 1.14. The number of carbonyl (C=O) groups is 6. The average molecular weight is 1140 g/mol. The summed E-state index contributed by atoms with van der Waals surface area (Å²) < 4.78 is 10.3. The van der Waals surface area contributed by atoms with Gasteiger partial charge in [-0.2, -0.15) is 0 Å². The van der Waals surface area contributed by atoms with Crippen LogP contribution in [-0.2, 0) is 25.7 Å². The third-order valence-corrected chi connectivity index (χ3v) is 17.4. The summed E-state index contributed by atoms with van der Waals surface area (Å²) in [6, 6.07) is 9.51. The van der Waals surface area contributed by atoms with Gasteiger partial charge in [0.15, 0.2) is 5.69 Å². The van der Waals surface area contributed by atoms with E-state index in [0.717, 1.165) is 11.3 Å². The minimum atomic E-state index is -1.26. The number of hydrogen-bond acceptors (Lipinski definition) is 22. The van der Waals surface area contributed by atoms with Crippen molar-refractivity contribution in [1.29, 1.82) is 0 Å². The standard InChI is InChI=1S/C49H46N12O9S6/c1-21(2)34-48-61-37(31(76-48)16-69-5)41(66)51-15-33(63)58-38(39(64)23-10-8-7-9-11-23)47-56-29(19-74-47)45-54-27(17-72-45)36-24(12-13-25(52-36)44-57-30(20-73-44)49(68)70-6)43-55-28(18-71-43)40(65)53-26(14-32(62)50-4)46-60-35(22(3)75-46)42(67)59-34/h7-13,17-21,26,34,38-39,64H,14-16H2,1-6H3,(H,50,62)(H,51,66)(H,53,65)(H,58,63)(H,59,67)/t26-,34+,38+,39+/m1/s1. The number of esters is 1. The smallest absolute Gasteiger partial charge is 0.357 e. The van der Waals surface area contributed by atoms with Crippen LogP contribution in [0, 0.1) is 12.8 Å². The molecule has 21 nitrogen and oxygen atoms in total. The van der Waals surface area contributed by atoms with Crippen LogP contribution in [0.3, 0.4) is 0 Å². The summed E-state index contributed by atoms with van der Waals surface area (Å²) in [5, 5.41) is 35.0. The van der Waals surface area contributed by atoms with Crippen molar-refractivity contribution in [3.05, 3.63) is 117 Å². The Bertz CT molecular complexity index is 3470. The predicted molar refractivity (Wildman–Crippen MR) is 288 cm³/mol. The average Bonchev–Trinajstić information content (AvgIpc) is 4.31. The first-order valence-corrected chi connectivity index (χ1v) is 28.3. The molecule has 10 bridgehead atoms. The van der Waals surface area contributed by atoms with Gasteiger partial charge in [0.25, 0.3) is 17.7 Å². The molecule has 8 heterocycles. The molecular weight excluding hydrogens is 1090 g/mol. The van der Waals surface area contributed by atoms with Gasteiger partial charge in [-0.1, -0.05) is 44.2 Å². The Kier molecular flexibility index (Phi) is 16.5. The number of aryl methyl sites for hydroxylation is 1. The third-order valence-electron chi connectivity index (χ3n) is 11.6. The highest BCUT2D eigenvalue weighted by molar-refractivity contribution is 7.15. The number of carbonyl (C=O) groups excluding carboxylic acids is 6. The molecule has 0 aliphatic carbocycles. The van der Waals surface area contributed by atoms with Crippen molar-refractivity contribution >= 4 is 104 Å². The van der Waals surface area contributed by atoms with Gasteiger partial charge in [-0.3, -0.25) is 24.0 Å². The molecule has 0 fully saturated rings. The summed E-state index contributed by atoms with van der Waals surface area (Å²) >= 11 is 7.16. The number of nitrogens with zero attached hydrogens (tertiary/aromatic N) is 7. The number of nitrogens with one attached hydrogen (secondary N) is 5. The van der Waals surface area contributed by atoms with Crippen LogP contribution in [-0.4, -0.2) is 103 Å². The number of aliphatic hydroxyl groups is 1. The molecule has 0 saturated heterocycles. The molecule has 4 atom stereocenters. The van der Waals surface area contributed by atoms with Crippen molar-refractivity contribution in [3.8, 4) is 43.4 Å². The van der Waals surface area contributed by atoms with Gasteiger partial charge >= 0.3 is 5.97 Å². The van der Waals surface area contributed by atoms with Gasteiger partial charge in [0.1, 0.15) is 76.4 Å². The fourth-order valence-electron chi connectivity index (χ4n) is 7.78. The summed E-state index contributed by atoms with van der Waals surface area (Å²) in [5.74, 6) is -3.69. The van der Waals surface area contributed by atoms with E-state index >= 15 is 0 Å². The second-order valence-electron chi connectivity index (χ2n) is 17.2. The fraction of sp³-hybridized carbons (Fsp3) is 0.286. The lowest BCUT2D eigenvalue weighted by molar-refractivity contribution is -0.122. The van der Waals surface area contributed by atoms with Crippen LogP contribution in [0.1, 0.15) is 117 Å². The minimum absolute atomic E-state index is 0.00356. The van der Waals surface area contributed by atoms with Gasteiger partial charge in [-0.05, 0) is 30.5 Å². The van der Waals surface area contributed by atoms with Gasteiger partial charge in [0.05, 0.1) is 49.3 Å². The number of aromatic nitrogens is 7. The molecule has 1 aromatic carbocycles. The molecule has 1 aliphatic heterocycles. The molecule has 8 aromatic rings. The summed E-state index contributed by atoms with van der Waals surface area (Å²) in [6.45, 7) is 4.98. The lowest BCUT2D eigenvalue weighted by Crippen LogP contribution is -2.40. The quantitative estimate of drug-likeness (QED) is 0.0786. The number of aliphatic hydroxyl groups excluding tert-OH is 1. The first-order valence-electron chi connectivity index (χ1n) is 23.1. The van der Waals surface area contributed by atoms with Gasteiger partial charge in [-0.15, -0.1) is 68.0 Å². The number of amides is 5. The van der Waals surface area contributed by atoms with Gasteiger partial charge in [0, 0.05) is 46.1 Å². The number of hydrogen-bond donors (Lipinski definition) is 6. The van der Waals surface area contributed by atoms with Gasteiger partial charge in [-0.25, -0.2) is 39.7 Å². The Labute approximate surface area is 457 Å². The van der Waals surface area contributed by atoms with Crippen LogP contribution in [0.25, 0.3) is 43.4 Å². The topological polar surface area (TPSA) is 291 Å². The van der Waals surface area contributed by atoms with Crippen LogP contribution in [0.5, 0.6) is 0 Å². The van der Waals surface area contributed by atoms with E-state index in [1.54, 1.807) is 70.9 Å². The van der Waals surface area contributed by atoms with E-state index in [1.807, 2.05) is 13.8 Å². The van der Waals surface area contributed by atoms with Crippen LogP contribution < -0.4 is 26.6 Å². The van der Waals surface area contributed by atoms with Crippen LogP contribution in [0.4, 0.5) is 0 Å². The number of ether oxygens (including phenoxy) is 2. The summed E-state index contributed by atoms with van der Waals surface area (Å²) in [4.78, 5) is 116. The maximum absolute atomic E-state index is 14.2. The Morgan fingerprint density at radius 1 is 0.697 bits per heavy atom. The zero-order valence-corrected chi connectivity index (χ0v) is 46.1. The van der Waals surface area contributed by atoms with E-state index in [2.05, 4.69) is 41.5 Å². The highest BCUT2D eigenvalue weighted by Gasteiger charge is 2.33. The third kappa shape index (κ3) is 11.6. The number of thiazole rings is 6. The summed E-state index contributed by atoms with van der Waals surface area (Å²) in [7, 11) is 4.21. The monoisotopic (exact) mass is 1140 g/mol. The van der Waals surface area contributed by atoms with Crippen LogP contribution in [0.2, 0.25) is 0 Å². The molecule has 76 heavy (non-hydrogen) atoms. The molecule has 1 aliphatic rings. The van der Waals surface area contributed by atoms with Crippen LogP contribution in [0.15, 0.2) is 64.0 Å². The molecule has 7 aromatic heterocycles. The highest BCUT2D eigenvalue weighted by atomic mass is 32.1. The Morgan fingerprint density at radius 2 is 1.41 bits per heavy atom. The van der Waals surface area contributed by atoms with Crippen molar-refractivity contribution in [3.63, 3.8) is 0 Å². The summed E-state index contributed by atoms with van der Waals surface area (Å²) in [6.07, 6.45) is -1.47. The molecule has 0 unspecified atom stereocenters. The first-order chi connectivity index (χ1) is 36.6. The maximum Gasteiger partial charge on any atom is 0.357 e. The van der Waals surface area contributed by atoms with E-state index in [4.69, 9.17) is 29.4 Å². The van der Waals surface area contributed by atoms with Crippen molar-refractivity contribution in [2.75, 3.05) is 27.8 Å². The highest BCUT2D eigenvalue weighted by Crippen LogP contribution is 2.40. The molecule has 27 heteroatoms. The van der Waals surface area contributed by atoms with E-state index < -0.39 is 66.3 Å². The molecule has 0 spiro atoms. The Hall–Kier alpha value is -7.11. The van der Waals surface area contributed by atoms with Crippen molar-refractivity contribution < 1.29 is 43.3 Å². The first kappa shape index (κ1) is 53.7. The number of benzene rings is 1. The van der Waals surface area contributed by atoms with E-state index in [-0.39, 0.29) is 41.7 Å². The fourth-order valence-corrected chi connectivity index (χ4v) is 13.3. The molecule has 392 valence electrons. The normalized spacial score (nSPS) is 16.8. The molecule has 6 N–H and O–H groups in total. The SMILES string of the molecule is CNC(=O)C[C@H]1NC(=O)c2csc(n2)-c2ccc(-c3nc(C(=O)OC)cs3)nc2-c2csc(n2)-c2csc(n2)[C@H]([C@@H](O)c2ccccc2)NC(=O)CNC(=O)c2nc(sc2COC)[C@H](C(C)C)NC(=O)c2nc1sc2C. The zero-order chi connectivity index (χ0) is 53.8. The second-order valence-corrected chi connectivity index (χ2v) is 23.0. The minimum Gasteiger partial charge on any atom is -0.464 e. The largest absolute Gasteiger partial charge is 0.464 e. The van der Waals surface area contributed by atoms with Gasteiger partial charge < -0.3 is 41.2 Å². The number of methoxy groups -OCH3 is 2. The molecule has 9 rings (SSSR count). The maximum atomic E-state index is 14.2. The molecule has 0 saturated carbocycles. The number of fused-ring (bicyclic) bond motifs is 14. The van der Waals surface area contributed by atoms with Gasteiger partial charge in [0.2, 0.25) is 11.8 Å². The zero-order valence-electron chi connectivity index (χ0n) is 41.2. The van der Waals surface area contributed by atoms with Crippen LogP contribution >= 0.6 is 68.0 Å². The molecule has 5 amide bonds. The van der Waals surface area contributed by atoms with E-state index in [1.165, 1.54) is 78.0 Å². The Morgan fingerprint density at radius 3 is 2.16 bits per heavy atom. The number of pyridine rings is 1. The second kappa shape index (κ2) is 23.4. The lowest BCUT2D eigenvalue weighted by Gasteiger charge is -2.23. The molecule has 0 radical (unpaired) electrons. The van der Waals surface area contributed by atoms with E-state index in [0.29, 0.717) is 73.7 Å². The summed E-state index contributed by atoms with van der Waals surface area (Å²) in [5.41, 5.74) is 2.87. The number of rotatable bonds is 9. The predicted octanol–water partition coefficient (Wildman–Crippen LogP) is 7.10. The van der Waals surface area contributed by atoms with Crippen molar-refractivity contribution in [2.45, 2.75) is 58.0 Å². The lowest BCUT2D eigenvalue weighted by atomic mass is 10.0.